The van der Waals surface area contributed by atoms with Crippen LogP contribution < -0.4 is 5.32 Å². The molecule has 1 heterocycles. The summed E-state index contributed by atoms with van der Waals surface area (Å²) in [5, 5.41) is 13.6. The largest absolute Gasteiger partial charge is 0.508 e. The molecule has 3 heteroatoms. The van der Waals surface area contributed by atoms with Gasteiger partial charge in [-0.25, -0.2) is 0 Å². The SMILES string of the molecule is CNC(C)c1cc2cc(O)ccc2s1. The minimum absolute atomic E-state index is 0.332. The number of thiophene rings is 1. The van der Waals surface area contributed by atoms with Crippen molar-refractivity contribution in [2.75, 3.05) is 7.05 Å². The Hall–Kier alpha value is -1.06. The van der Waals surface area contributed by atoms with Crippen molar-refractivity contribution in [2.45, 2.75) is 13.0 Å². The molecule has 1 aromatic heterocycles. The van der Waals surface area contributed by atoms with Gasteiger partial charge in [0, 0.05) is 15.6 Å². The number of phenolic OH excluding ortho intramolecular Hbond substituents is 1. The first-order valence-corrected chi connectivity index (χ1v) is 5.42. The molecular formula is C11H13NOS. The predicted molar refractivity (Wildman–Crippen MR) is 61.0 cm³/mol. The third-order valence-electron chi connectivity index (χ3n) is 2.38. The maximum atomic E-state index is 9.32. The van der Waals surface area contributed by atoms with Crippen LogP contribution in [0.4, 0.5) is 0 Å². The number of fused-ring (bicyclic) bond motifs is 1. The summed E-state index contributed by atoms with van der Waals surface area (Å²) in [5.74, 6) is 0.332. The van der Waals surface area contributed by atoms with Gasteiger partial charge in [0.15, 0.2) is 0 Å². The van der Waals surface area contributed by atoms with Gasteiger partial charge in [-0.2, -0.15) is 0 Å². The maximum Gasteiger partial charge on any atom is 0.116 e. The summed E-state index contributed by atoms with van der Waals surface area (Å²) in [5.41, 5.74) is 0. The second-order valence-corrected chi connectivity index (χ2v) is 4.50. The van der Waals surface area contributed by atoms with E-state index in [0.717, 1.165) is 5.39 Å². The van der Waals surface area contributed by atoms with Gasteiger partial charge in [-0.05, 0) is 43.6 Å². The van der Waals surface area contributed by atoms with E-state index >= 15 is 0 Å². The highest BCUT2D eigenvalue weighted by Gasteiger charge is 2.07. The molecule has 0 aliphatic heterocycles. The lowest BCUT2D eigenvalue weighted by atomic mass is 10.2. The van der Waals surface area contributed by atoms with Crippen molar-refractivity contribution in [3.05, 3.63) is 29.1 Å². The first-order chi connectivity index (χ1) is 6.70. The molecular weight excluding hydrogens is 194 g/mol. The summed E-state index contributed by atoms with van der Waals surface area (Å²) in [6.45, 7) is 2.13. The molecule has 0 amide bonds. The van der Waals surface area contributed by atoms with Crippen LogP contribution in [0, 0.1) is 0 Å². The fourth-order valence-electron chi connectivity index (χ4n) is 1.41. The Morgan fingerprint density at radius 3 is 2.86 bits per heavy atom. The van der Waals surface area contributed by atoms with Crippen LogP contribution in [0.5, 0.6) is 5.75 Å². The van der Waals surface area contributed by atoms with Crippen molar-refractivity contribution in [2.24, 2.45) is 0 Å². The van der Waals surface area contributed by atoms with Crippen LogP contribution in [0.1, 0.15) is 17.8 Å². The second kappa shape index (κ2) is 3.59. The zero-order valence-corrected chi connectivity index (χ0v) is 9.06. The van der Waals surface area contributed by atoms with E-state index < -0.39 is 0 Å². The first kappa shape index (κ1) is 9.49. The summed E-state index contributed by atoms with van der Waals surface area (Å²) in [6.07, 6.45) is 0. The number of nitrogens with one attached hydrogen (secondary N) is 1. The molecule has 1 unspecified atom stereocenters. The number of rotatable bonds is 2. The van der Waals surface area contributed by atoms with E-state index in [0.29, 0.717) is 11.8 Å². The molecule has 0 aliphatic carbocycles. The molecule has 2 aromatic rings. The van der Waals surface area contributed by atoms with Crippen molar-refractivity contribution in [1.82, 2.24) is 5.32 Å². The summed E-state index contributed by atoms with van der Waals surface area (Å²) in [7, 11) is 1.95. The Balaban J connectivity index is 2.51. The summed E-state index contributed by atoms with van der Waals surface area (Å²) in [4.78, 5) is 1.30. The van der Waals surface area contributed by atoms with Crippen LogP contribution in [0.25, 0.3) is 10.1 Å². The van der Waals surface area contributed by atoms with Gasteiger partial charge < -0.3 is 10.4 Å². The van der Waals surface area contributed by atoms with E-state index in [4.69, 9.17) is 0 Å². The van der Waals surface area contributed by atoms with Gasteiger partial charge in [0.2, 0.25) is 0 Å². The quantitative estimate of drug-likeness (QED) is 0.793. The number of benzene rings is 1. The standard InChI is InChI=1S/C11H13NOS/c1-7(12-2)11-6-8-5-9(13)3-4-10(8)14-11/h3-7,12-13H,1-2H3. The summed E-state index contributed by atoms with van der Waals surface area (Å²) < 4.78 is 1.22. The fraction of sp³-hybridized carbons (Fsp3) is 0.273. The Morgan fingerprint density at radius 2 is 2.14 bits per heavy atom. The van der Waals surface area contributed by atoms with E-state index in [1.807, 2.05) is 13.1 Å². The molecule has 1 aromatic carbocycles. The van der Waals surface area contributed by atoms with Gasteiger partial charge in [-0.15, -0.1) is 11.3 Å². The monoisotopic (exact) mass is 207 g/mol. The fourth-order valence-corrected chi connectivity index (χ4v) is 2.51. The van der Waals surface area contributed by atoms with E-state index in [1.165, 1.54) is 9.58 Å². The average Bonchev–Trinajstić information content (AvgIpc) is 2.59. The summed E-state index contributed by atoms with van der Waals surface area (Å²) >= 11 is 1.77. The highest BCUT2D eigenvalue weighted by Crippen LogP contribution is 2.31. The molecule has 2 N–H and O–H groups in total. The van der Waals surface area contributed by atoms with E-state index in [2.05, 4.69) is 18.3 Å². The highest BCUT2D eigenvalue weighted by atomic mass is 32.1. The Kier molecular flexibility index (Phi) is 2.44. The molecule has 1 atom stereocenters. The molecule has 14 heavy (non-hydrogen) atoms. The number of hydrogen-bond donors (Lipinski definition) is 2. The lowest BCUT2D eigenvalue weighted by Gasteiger charge is -2.05. The predicted octanol–water partition coefficient (Wildman–Crippen LogP) is 2.89. The highest BCUT2D eigenvalue weighted by molar-refractivity contribution is 7.19. The smallest absolute Gasteiger partial charge is 0.116 e. The van der Waals surface area contributed by atoms with Crippen molar-refractivity contribution in [1.29, 1.82) is 0 Å². The van der Waals surface area contributed by atoms with E-state index in [1.54, 1.807) is 23.5 Å². The van der Waals surface area contributed by atoms with E-state index in [9.17, 15) is 5.11 Å². The number of aromatic hydroxyl groups is 1. The van der Waals surface area contributed by atoms with Crippen molar-refractivity contribution >= 4 is 21.4 Å². The molecule has 0 radical (unpaired) electrons. The van der Waals surface area contributed by atoms with Crippen molar-refractivity contribution < 1.29 is 5.11 Å². The van der Waals surface area contributed by atoms with Crippen LogP contribution in [0.15, 0.2) is 24.3 Å². The molecule has 0 fully saturated rings. The zero-order valence-electron chi connectivity index (χ0n) is 8.24. The van der Waals surface area contributed by atoms with Gasteiger partial charge in [0.05, 0.1) is 0 Å². The molecule has 2 nitrogen and oxygen atoms in total. The van der Waals surface area contributed by atoms with Crippen LogP contribution in [-0.2, 0) is 0 Å². The van der Waals surface area contributed by atoms with Gasteiger partial charge >= 0.3 is 0 Å². The van der Waals surface area contributed by atoms with Crippen LogP contribution in [0.2, 0.25) is 0 Å². The lowest BCUT2D eigenvalue weighted by molar-refractivity contribution is 0.476. The molecule has 0 saturated heterocycles. The minimum Gasteiger partial charge on any atom is -0.508 e. The third kappa shape index (κ3) is 1.61. The molecule has 0 spiro atoms. The van der Waals surface area contributed by atoms with Crippen LogP contribution in [-0.4, -0.2) is 12.2 Å². The second-order valence-electron chi connectivity index (χ2n) is 3.38. The minimum atomic E-state index is 0.332. The van der Waals surface area contributed by atoms with Crippen molar-refractivity contribution in [3.8, 4) is 5.75 Å². The number of hydrogen-bond acceptors (Lipinski definition) is 3. The maximum absolute atomic E-state index is 9.32. The van der Waals surface area contributed by atoms with Gasteiger partial charge in [0.1, 0.15) is 5.75 Å². The lowest BCUT2D eigenvalue weighted by Crippen LogP contribution is -2.10. The zero-order chi connectivity index (χ0) is 10.1. The molecule has 2 rings (SSSR count). The van der Waals surface area contributed by atoms with Crippen LogP contribution in [0.3, 0.4) is 0 Å². The average molecular weight is 207 g/mol. The topological polar surface area (TPSA) is 32.3 Å². The van der Waals surface area contributed by atoms with Crippen LogP contribution >= 0.6 is 11.3 Å². The Labute approximate surface area is 87.2 Å². The normalized spacial score (nSPS) is 13.3. The molecule has 0 saturated carbocycles. The van der Waals surface area contributed by atoms with Gasteiger partial charge in [-0.1, -0.05) is 0 Å². The number of phenols is 1. The van der Waals surface area contributed by atoms with Crippen molar-refractivity contribution in [3.63, 3.8) is 0 Å². The molecule has 0 aliphatic rings. The van der Waals surface area contributed by atoms with Gasteiger partial charge in [-0.3, -0.25) is 0 Å². The first-order valence-electron chi connectivity index (χ1n) is 4.60. The summed E-state index contributed by atoms with van der Waals surface area (Å²) in [6, 6.07) is 7.99. The molecule has 74 valence electrons. The Morgan fingerprint density at radius 1 is 1.36 bits per heavy atom. The van der Waals surface area contributed by atoms with Gasteiger partial charge in [0.25, 0.3) is 0 Å². The van der Waals surface area contributed by atoms with E-state index in [-0.39, 0.29) is 0 Å². The Bertz CT molecular complexity index is 449. The molecule has 0 bridgehead atoms. The third-order valence-corrected chi connectivity index (χ3v) is 3.68.